The highest BCUT2D eigenvalue weighted by molar-refractivity contribution is 9.10. The summed E-state index contributed by atoms with van der Waals surface area (Å²) < 4.78 is 20.5. The minimum Gasteiger partial charge on any atom is -0.496 e. The van der Waals surface area contributed by atoms with E-state index >= 15 is 0 Å². The highest BCUT2D eigenvalue weighted by atomic mass is 79.9. The van der Waals surface area contributed by atoms with Crippen molar-refractivity contribution in [2.24, 2.45) is 0 Å². The van der Waals surface area contributed by atoms with Crippen molar-refractivity contribution in [2.45, 2.75) is 19.3 Å². The fourth-order valence-electron chi connectivity index (χ4n) is 3.17. The normalized spacial score (nSPS) is 13.8. The topological polar surface area (TPSA) is 53.6 Å². The molecule has 1 fully saturated rings. The third-order valence-electron chi connectivity index (χ3n) is 4.54. The summed E-state index contributed by atoms with van der Waals surface area (Å²) in [5, 5.41) is 5.53. The third kappa shape index (κ3) is 4.99. The van der Waals surface area contributed by atoms with Crippen LogP contribution in [0, 0.1) is 5.82 Å². The van der Waals surface area contributed by atoms with Crippen molar-refractivity contribution < 1.29 is 13.9 Å². The molecule has 0 bridgehead atoms. The molecule has 148 valence electrons. The van der Waals surface area contributed by atoms with Crippen LogP contribution < -0.4 is 20.3 Å². The quantitative estimate of drug-likeness (QED) is 0.640. The van der Waals surface area contributed by atoms with Gasteiger partial charge in [0.1, 0.15) is 11.6 Å². The van der Waals surface area contributed by atoms with Crippen molar-refractivity contribution in [1.29, 1.82) is 0 Å². The Bertz CT molecular complexity index is 888. The number of rotatable bonds is 4. The first-order valence-electron chi connectivity index (χ1n) is 8.98. The maximum absolute atomic E-state index is 14.5. The highest BCUT2D eigenvalue weighted by Crippen LogP contribution is 2.26. The molecule has 0 radical (unpaired) electrons. The summed E-state index contributed by atoms with van der Waals surface area (Å²) in [4.78, 5) is 14.5. The van der Waals surface area contributed by atoms with Gasteiger partial charge in [-0.2, -0.15) is 0 Å². The maximum Gasteiger partial charge on any atom is 0.261 e. The zero-order valence-corrected chi connectivity index (χ0v) is 17.8. The first kappa shape index (κ1) is 20.5. The van der Waals surface area contributed by atoms with E-state index in [-0.39, 0.29) is 10.9 Å². The van der Waals surface area contributed by atoms with Gasteiger partial charge in [-0.1, -0.05) is 15.9 Å². The average molecular weight is 466 g/mol. The molecule has 28 heavy (non-hydrogen) atoms. The van der Waals surface area contributed by atoms with E-state index in [1.807, 2.05) is 0 Å². The number of benzene rings is 2. The Kier molecular flexibility index (Phi) is 6.85. The number of ether oxygens (including phenoxy) is 1. The van der Waals surface area contributed by atoms with E-state index < -0.39 is 5.91 Å². The van der Waals surface area contributed by atoms with Crippen LogP contribution in [-0.4, -0.2) is 31.2 Å². The Morgan fingerprint density at radius 3 is 2.61 bits per heavy atom. The standard InChI is InChI=1S/C20H21BrFN3O2S/c1-27-18-8-5-13(21)11-15(18)19(26)24-20(28)23-14-6-7-17(16(22)12-14)25-9-3-2-4-10-25/h5-8,11-12H,2-4,9-10H2,1H3,(H2,23,24,26,28). The lowest BCUT2D eigenvalue weighted by molar-refractivity contribution is 0.0974. The summed E-state index contributed by atoms with van der Waals surface area (Å²) in [5.74, 6) is -0.295. The number of hydrogen-bond donors (Lipinski definition) is 2. The molecule has 1 aliphatic rings. The van der Waals surface area contributed by atoms with Crippen LogP contribution in [0.15, 0.2) is 40.9 Å². The second kappa shape index (κ2) is 9.34. The maximum atomic E-state index is 14.5. The van der Waals surface area contributed by atoms with Gasteiger partial charge in [0.25, 0.3) is 5.91 Å². The van der Waals surface area contributed by atoms with E-state index in [1.165, 1.54) is 19.6 Å². The van der Waals surface area contributed by atoms with E-state index in [2.05, 4.69) is 31.5 Å². The van der Waals surface area contributed by atoms with Crippen molar-refractivity contribution in [3.05, 3.63) is 52.3 Å². The van der Waals surface area contributed by atoms with Gasteiger partial charge in [-0.05, 0) is 67.9 Å². The van der Waals surface area contributed by atoms with Crippen LogP contribution in [0.25, 0.3) is 0 Å². The predicted octanol–water partition coefficient (Wildman–Crippen LogP) is 4.71. The number of halogens is 2. The minimum atomic E-state index is -0.416. The van der Waals surface area contributed by atoms with Gasteiger partial charge in [-0.15, -0.1) is 0 Å². The Morgan fingerprint density at radius 2 is 1.93 bits per heavy atom. The highest BCUT2D eigenvalue weighted by Gasteiger charge is 2.17. The Balaban J connectivity index is 1.65. The lowest BCUT2D eigenvalue weighted by atomic mass is 10.1. The van der Waals surface area contributed by atoms with Crippen molar-refractivity contribution >= 4 is 50.5 Å². The summed E-state index contributed by atoms with van der Waals surface area (Å²) in [6, 6.07) is 9.99. The van der Waals surface area contributed by atoms with Crippen LogP contribution in [0.1, 0.15) is 29.6 Å². The van der Waals surface area contributed by atoms with Crippen LogP contribution in [0.5, 0.6) is 5.75 Å². The summed E-state index contributed by atoms with van der Waals surface area (Å²) >= 11 is 8.53. The summed E-state index contributed by atoms with van der Waals surface area (Å²) in [7, 11) is 1.49. The number of carbonyl (C=O) groups is 1. The number of amides is 1. The van der Waals surface area contributed by atoms with Crippen molar-refractivity contribution in [2.75, 3.05) is 30.4 Å². The fraction of sp³-hybridized carbons (Fsp3) is 0.300. The molecule has 2 aromatic rings. The van der Waals surface area contributed by atoms with Gasteiger partial charge in [0.05, 0.1) is 18.4 Å². The molecule has 1 aliphatic heterocycles. The molecule has 8 heteroatoms. The van der Waals surface area contributed by atoms with Gasteiger partial charge in [-0.3, -0.25) is 10.1 Å². The molecule has 0 atom stereocenters. The lowest BCUT2D eigenvalue weighted by Gasteiger charge is -2.29. The van der Waals surface area contributed by atoms with E-state index in [0.29, 0.717) is 22.7 Å². The Morgan fingerprint density at radius 1 is 1.18 bits per heavy atom. The first-order valence-corrected chi connectivity index (χ1v) is 10.2. The zero-order chi connectivity index (χ0) is 20.1. The smallest absolute Gasteiger partial charge is 0.261 e. The van der Waals surface area contributed by atoms with Crippen molar-refractivity contribution in [3.8, 4) is 5.75 Å². The van der Waals surface area contributed by atoms with Crippen LogP contribution in [0.3, 0.4) is 0 Å². The second-order valence-electron chi connectivity index (χ2n) is 6.47. The molecule has 0 unspecified atom stereocenters. The van der Waals surface area contributed by atoms with Gasteiger partial charge in [0.2, 0.25) is 0 Å². The summed E-state index contributed by atoms with van der Waals surface area (Å²) in [6.07, 6.45) is 3.34. The third-order valence-corrected chi connectivity index (χ3v) is 5.23. The van der Waals surface area contributed by atoms with E-state index in [0.717, 1.165) is 30.4 Å². The average Bonchev–Trinajstić information content (AvgIpc) is 2.68. The van der Waals surface area contributed by atoms with Crippen LogP contribution in [0.2, 0.25) is 0 Å². The van der Waals surface area contributed by atoms with Crippen LogP contribution in [-0.2, 0) is 0 Å². The van der Waals surface area contributed by atoms with Gasteiger partial charge >= 0.3 is 0 Å². The van der Waals surface area contributed by atoms with Crippen molar-refractivity contribution in [1.82, 2.24) is 5.32 Å². The predicted molar refractivity (Wildman–Crippen MR) is 117 cm³/mol. The molecule has 0 saturated carbocycles. The monoisotopic (exact) mass is 465 g/mol. The second-order valence-corrected chi connectivity index (χ2v) is 7.79. The van der Waals surface area contributed by atoms with E-state index in [9.17, 15) is 9.18 Å². The molecule has 2 N–H and O–H groups in total. The molecular weight excluding hydrogens is 445 g/mol. The van der Waals surface area contributed by atoms with Crippen molar-refractivity contribution in [3.63, 3.8) is 0 Å². The Labute approximate surface area is 177 Å². The molecule has 0 aliphatic carbocycles. The molecule has 1 heterocycles. The zero-order valence-electron chi connectivity index (χ0n) is 15.4. The molecule has 2 aromatic carbocycles. The minimum absolute atomic E-state index is 0.0807. The number of anilines is 2. The van der Waals surface area contributed by atoms with Gasteiger partial charge in [0.15, 0.2) is 5.11 Å². The SMILES string of the molecule is COc1ccc(Br)cc1C(=O)NC(=S)Nc1ccc(N2CCCCC2)c(F)c1. The number of nitrogens with one attached hydrogen (secondary N) is 2. The van der Waals surface area contributed by atoms with E-state index in [4.69, 9.17) is 17.0 Å². The number of carbonyl (C=O) groups excluding carboxylic acids is 1. The van der Waals surface area contributed by atoms with E-state index in [1.54, 1.807) is 30.3 Å². The number of methoxy groups -OCH3 is 1. The van der Waals surface area contributed by atoms with Crippen LogP contribution >= 0.6 is 28.1 Å². The molecular formula is C20H21BrFN3O2S. The summed E-state index contributed by atoms with van der Waals surface area (Å²) in [6.45, 7) is 1.74. The van der Waals surface area contributed by atoms with Gasteiger partial charge < -0.3 is 15.0 Å². The lowest BCUT2D eigenvalue weighted by Crippen LogP contribution is -2.34. The van der Waals surface area contributed by atoms with Gasteiger partial charge in [0, 0.05) is 23.2 Å². The van der Waals surface area contributed by atoms with Crippen LogP contribution in [0.4, 0.5) is 15.8 Å². The molecule has 1 saturated heterocycles. The first-order chi connectivity index (χ1) is 13.5. The number of nitrogens with zero attached hydrogens (tertiary/aromatic N) is 1. The number of hydrogen-bond acceptors (Lipinski definition) is 4. The number of piperidine rings is 1. The molecule has 0 spiro atoms. The largest absolute Gasteiger partial charge is 0.496 e. The fourth-order valence-corrected chi connectivity index (χ4v) is 3.74. The Hall–Kier alpha value is -2.19. The summed E-state index contributed by atoms with van der Waals surface area (Å²) in [5.41, 5.74) is 1.41. The molecule has 5 nitrogen and oxygen atoms in total. The molecule has 1 amide bonds. The molecule has 3 rings (SSSR count). The molecule has 0 aromatic heterocycles. The number of thiocarbonyl (C=S) groups is 1. The van der Waals surface area contributed by atoms with Gasteiger partial charge in [-0.25, -0.2) is 4.39 Å².